The molecule has 5 N–H and O–H groups in total. The normalized spacial score (nSPS) is 14.1. The number of guanidine groups is 1. The molecule has 1 atom stereocenters. The maximum absolute atomic E-state index is 13.1. The molecular formula is C26H33N7O5S. The number of nitrogens with one attached hydrogen (secondary N) is 4. The zero-order chi connectivity index (χ0) is 28.2. The number of carboxylic acid groups (broad SMARTS) is 1. The lowest BCUT2D eigenvalue weighted by atomic mass is 10.1. The fourth-order valence-corrected chi connectivity index (χ4v) is 6.36. The van der Waals surface area contributed by atoms with Crippen LogP contribution in [0.3, 0.4) is 0 Å². The summed E-state index contributed by atoms with van der Waals surface area (Å²) in [5.41, 5.74) is 2.76. The molecule has 0 saturated carbocycles. The Morgan fingerprint density at radius 1 is 1.15 bits per heavy atom. The molecule has 1 aliphatic heterocycles. The molecule has 12 nitrogen and oxygen atoms in total. The van der Waals surface area contributed by atoms with E-state index in [9.17, 15) is 23.1 Å². The van der Waals surface area contributed by atoms with Gasteiger partial charge < -0.3 is 21.1 Å². The maximum atomic E-state index is 13.1. The summed E-state index contributed by atoms with van der Waals surface area (Å²) in [5.74, 6) is -1.13. The SMILES string of the molecule is Cc1cccc(C)c1S(=O)(=O)NC(CNC(=O)c1cccc2c(CCCNC3=NCCN3)nn(C)c12)C(=O)O. The molecule has 39 heavy (non-hydrogen) atoms. The van der Waals surface area contributed by atoms with Crippen molar-refractivity contribution in [3.05, 3.63) is 58.8 Å². The molecule has 0 radical (unpaired) electrons. The Bertz CT molecular complexity index is 1510. The van der Waals surface area contributed by atoms with Gasteiger partial charge in [0.1, 0.15) is 6.04 Å². The molecule has 0 aliphatic carbocycles. The van der Waals surface area contributed by atoms with E-state index in [4.69, 9.17) is 0 Å². The Morgan fingerprint density at radius 3 is 2.54 bits per heavy atom. The number of aryl methyl sites for hydroxylation is 4. The number of carboxylic acids is 1. The minimum absolute atomic E-state index is 0.0254. The predicted octanol–water partition coefficient (Wildman–Crippen LogP) is 0.833. The van der Waals surface area contributed by atoms with Gasteiger partial charge in [-0.2, -0.15) is 9.82 Å². The highest BCUT2D eigenvalue weighted by Gasteiger charge is 2.28. The molecule has 1 amide bonds. The van der Waals surface area contributed by atoms with Crippen LogP contribution in [0, 0.1) is 13.8 Å². The van der Waals surface area contributed by atoms with Crippen LogP contribution in [0.4, 0.5) is 0 Å². The van der Waals surface area contributed by atoms with Gasteiger partial charge in [0.15, 0.2) is 5.96 Å². The summed E-state index contributed by atoms with van der Waals surface area (Å²) in [6.07, 6.45) is 1.49. The Morgan fingerprint density at radius 2 is 1.87 bits per heavy atom. The van der Waals surface area contributed by atoms with Gasteiger partial charge in [-0.05, 0) is 43.9 Å². The Labute approximate surface area is 226 Å². The van der Waals surface area contributed by atoms with Crippen LogP contribution in [0.2, 0.25) is 0 Å². The number of hydrogen-bond acceptors (Lipinski definition) is 8. The molecule has 0 bridgehead atoms. The first-order valence-corrected chi connectivity index (χ1v) is 14.1. The van der Waals surface area contributed by atoms with Crippen LogP contribution in [0.25, 0.3) is 10.9 Å². The number of carbonyl (C=O) groups is 2. The average Bonchev–Trinajstić information content (AvgIpc) is 3.51. The fraction of sp³-hybridized carbons (Fsp3) is 0.385. The first-order chi connectivity index (χ1) is 18.6. The lowest BCUT2D eigenvalue weighted by molar-refractivity contribution is -0.138. The van der Waals surface area contributed by atoms with Crippen LogP contribution in [0.15, 0.2) is 46.3 Å². The predicted molar refractivity (Wildman–Crippen MR) is 147 cm³/mol. The number of carbonyl (C=O) groups excluding carboxylic acids is 1. The molecule has 208 valence electrons. The second-order valence-corrected chi connectivity index (χ2v) is 11.1. The summed E-state index contributed by atoms with van der Waals surface area (Å²) in [7, 11) is -2.40. The summed E-state index contributed by atoms with van der Waals surface area (Å²) in [4.78, 5) is 29.4. The molecule has 2 aromatic carbocycles. The van der Waals surface area contributed by atoms with Gasteiger partial charge in [0.2, 0.25) is 10.0 Å². The fourth-order valence-electron chi connectivity index (χ4n) is 4.70. The third-order valence-corrected chi connectivity index (χ3v) is 8.26. The lowest BCUT2D eigenvalue weighted by Crippen LogP contribution is -2.48. The first kappa shape index (κ1) is 28.0. The van der Waals surface area contributed by atoms with E-state index in [1.54, 1.807) is 55.9 Å². The number of para-hydroxylation sites is 1. The topological polar surface area (TPSA) is 167 Å². The van der Waals surface area contributed by atoms with E-state index in [0.29, 0.717) is 28.6 Å². The first-order valence-electron chi connectivity index (χ1n) is 12.6. The molecule has 1 aromatic heterocycles. The second-order valence-electron chi connectivity index (χ2n) is 9.40. The van der Waals surface area contributed by atoms with Gasteiger partial charge in [0.25, 0.3) is 5.91 Å². The van der Waals surface area contributed by atoms with Crippen molar-refractivity contribution < 1.29 is 23.1 Å². The number of aromatic nitrogens is 2. The van der Waals surface area contributed by atoms with Gasteiger partial charge >= 0.3 is 5.97 Å². The highest BCUT2D eigenvalue weighted by Crippen LogP contribution is 2.23. The third-order valence-electron chi connectivity index (χ3n) is 6.48. The van der Waals surface area contributed by atoms with Crippen LogP contribution in [-0.2, 0) is 28.3 Å². The maximum Gasteiger partial charge on any atom is 0.323 e. The Hall–Kier alpha value is -3.97. The van der Waals surface area contributed by atoms with E-state index in [1.807, 2.05) is 6.07 Å². The van der Waals surface area contributed by atoms with Crippen molar-refractivity contribution in [3.63, 3.8) is 0 Å². The van der Waals surface area contributed by atoms with Crippen LogP contribution in [0.1, 0.15) is 33.6 Å². The Balaban J connectivity index is 1.45. The Kier molecular flexibility index (Phi) is 8.51. The number of amides is 1. The van der Waals surface area contributed by atoms with Gasteiger partial charge in [-0.3, -0.25) is 19.3 Å². The standard InChI is InChI=1S/C26H33N7O5S/c1-16-7-4-8-17(2)23(16)39(37,38)32-21(25(35)36)15-30-24(34)19-10-5-9-18-20(31-33(3)22(18)19)11-6-12-27-26-28-13-14-29-26/h4-5,7-10,21,32H,6,11-15H2,1-3H3,(H,30,34)(H,35,36)(H2,27,28,29). The molecule has 4 rings (SSSR count). The van der Waals surface area contributed by atoms with Crippen LogP contribution < -0.4 is 20.7 Å². The van der Waals surface area contributed by atoms with Gasteiger partial charge in [0, 0.05) is 32.1 Å². The van der Waals surface area contributed by atoms with Crippen molar-refractivity contribution in [3.8, 4) is 0 Å². The van der Waals surface area contributed by atoms with Gasteiger partial charge in [-0.1, -0.05) is 30.3 Å². The number of nitrogens with zero attached hydrogens (tertiary/aromatic N) is 3. The quantitative estimate of drug-likeness (QED) is 0.217. The third kappa shape index (κ3) is 6.37. The molecule has 2 heterocycles. The molecule has 1 unspecified atom stereocenters. The summed E-state index contributed by atoms with van der Waals surface area (Å²) >= 11 is 0. The minimum Gasteiger partial charge on any atom is -0.480 e. The number of fused-ring (bicyclic) bond motifs is 1. The molecule has 1 aliphatic rings. The zero-order valence-electron chi connectivity index (χ0n) is 22.1. The van der Waals surface area contributed by atoms with Gasteiger partial charge in [-0.15, -0.1) is 0 Å². The van der Waals surface area contributed by atoms with E-state index in [2.05, 4.69) is 30.8 Å². The molecule has 0 saturated heterocycles. The number of aliphatic imine (C=N–C) groups is 1. The number of benzene rings is 2. The smallest absolute Gasteiger partial charge is 0.323 e. The van der Waals surface area contributed by atoms with E-state index in [0.717, 1.165) is 43.1 Å². The van der Waals surface area contributed by atoms with Crippen molar-refractivity contribution in [2.75, 3.05) is 26.2 Å². The van der Waals surface area contributed by atoms with Gasteiger partial charge in [0.05, 0.1) is 28.2 Å². The summed E-state index contributed by atoms with van der Waals surface area (Å²) in [6.45, 7) is 5.16. The summed E-state index contributed by atoms with van der Waals surface area (Å²) in [5, 5.41) is 24.1. The zero-order valence-corrected chi connectivity index (χ0v) is 22.9. The molecule has 0 fully saturated rings. The van der Waals surface area contributed by atoms with Crippen molar-refractivity contribution in [2.24, 2.45) is 12.0 Å². The molecule has 0 spiro atoms. The van der Waals surface area contributed by atoms with Crippen molar-refractivity contribution in [1.82, 2.24) is 30.5 Å². The number of rotatable bonds is 11. The monoisotopic (exact) mass is 555 g/mol. The molecule has 3 aromatic rings. The van der Waals surface area contributed by atoms with Crippen LogP contribution in [-0.4, -0.2) is 73.4 Å². The van der Waals surface area contributed by atoms with Crippen molar-refractivity contribution >= 4 is 38.8 Å². The molecular weight excluding hydrogens is 522 g/mol. The van der Waals surface area contributed by atoms with Crippen molar-refractivity contribution in [1.29, 1.82) is 0 Å². The summed E-state index contributed by atoms with van der Waals surface area (Å²) < 4.78 is 29.8. The van der Waals surface area contributed by atoms with E-state index < -0.39 is 34.5 Å². The highest BCUT2D eigenvalue weighted by atomic mass is 32.2. The minimum atomic E-state index is -4.15. The average molecular weight is 556 g/mol. The van der Waals surface area contributed by atoms with Crippen LogP contribution in [0.5, 0.6) is 0 Å². The second kappa shape index (κ2) is 11.8. The highest BCUT2D eigenvalue weighted by molar-refractivity contribution is 7.89. The van der Waals surface area contributed by atoms with Crippen molar-refractivity contribution in [2.45, 2.75) is 37.6 Å². The van der Waals surface area contributed by atoms with E-state index in [-0.39, 0.29) is 4.90 Å². The van der Waals surface area contributed by atoms with E-state index >= 15 is 0 Å². The van der Waals surface area contributed by atoms with Gasteiger partial charge in [-0.25, -0.2) is 8.42 Å². The number of hydrogen-bond donors (Lipinski definition) is 5. The summed E-state index contributed by atoms with van der Waals surface area (Å²) in [6, 6.07) is 8.71. The largest absolute Gasteiger partial charge is 0.480 e. The number of sulfonamides is 1. The van der Waals surface area contributed by atoms with E-state index in [1.165, 1.54) is 0 Å². The molecule has 13 heteroatoms. The lowest BCUT2D eigenvalue weighted by Gasteiger charge is -2.18. The number of aliphatic carboxylic acids is 1. The van der Waals surface area contributed by atoms with Crippen LogP contribution >= 0.6 is 0 Å².